The second-order valence-corrected chi connectivity index (χ2v) is 7.86. The van der Waals surface area contributed by atoms with Gasteiger partial charge in [0.2, 0.25) is 5.91 Å². The van der Waals surface area contributed by atoms with Crippen molar-refractivity contribution in [3.63, 3.8) is 0 Å². The lowest BCUT2D eigenvalue weighted by Gasteiger charge is -2.35. The van der Waals surface area contributed by atoms with Gasteiger partial charge in [-0.15, -0.1) is 0 Å². The normalized spacial score (nSPS) is 21.2. The van der Waals surface area contributed by atoms with Gasteiger partial charge >= 0.3 is 0 Å². The zero-order valence-electron chi connectivity index (χ0n) is 13.9. The third-order valence-electron chi connectivity index (χ3n) is 5.25. The smallest absolute Gasteiger partial charge is 0.227 e. The van der Waals surface area contributed by atoms with Crippen LogP contribution in [0.1, 0.15) is 39.0 Å². The summed E-state index contributed by atoms with van der Waals surface area (Å²) >= 11 is 3.69. The van der Waals surface area contributed by atoms with Crippen LogP contribution in [-0.4, -0.2) is 29.0 Å². The van der Waals surface area contributed by atoms with Gasteiger partial charge in [0.05, 0.1) is 21.2 Å². The number of aromatic nitrogens is 2. The van der Waals surface area contributed by atoms with Crippen molar-refractivity contribution in [2.75, 3.05) is 23.3 Å². The van der Waals surface area contributed by atoms with Crippen LogP contribution in [0.5, 0.6) is 0 Å². The highest BCUT2D eigenvalue weighted by atomic mass is 79.9. The Balaban J connectivity index is 1.73. The summed E-state index contributed by atoms with van der Waals surface area (Å²) in [5.41, 5.74) is 2.84. The minimum absolute atomic E-state index is 0.131. The lowest BCUT2D eigenvalue weighted by molar-refractivity contribution is -0.117. The maximum absolute atomic E-state index is 12.2. The van der Waals surface area contributed by atoms with Gasteiger partial charge in [-0.25, -0.2) is 4.98 Å². The van der Waals surface area contributed by atoms with E-state index in [0.717, 1.165) is 58.7 Å². The summed E-state index contributed by atoms with van der Waals surface area (Å²) in [6, 6.07) is 0. The molecular formula is C18H23BrN4O. The van der Waals surface area contributed by atoms with E-state index in [0.29, 0.717) is 0 Å². The highest BCUT2D eigenvalue weighted by Gasteiger charge is 2.31. The Morgan fingerprint density at radius 2 is 2.29 bits per heavy atom. The molecule has 1 aliphatic carbocycles. The summed E-state index contributed by atoms with van der Waals surface area (Å²) in [6.45, 7) is 4.38. The summed E-state index contributed by atoms with van der Waals surface area (Å²) in [5.74, 6) is 1.06. The molecule has 0 aromatic carbocycles. The number of nitrogens with one attached hydrogen (secondary N) is 2. The third kappa shape index (κ3) is 2.92. The van der Waals surface area contributed by atoms with Gasteiger partial charge < -0.3 is 15.2 Å². The summed E-state index contributed by atoms with van der Waals surface area (Å²) in [5, 5.41) is 4.12. The van der Waals surface area contributed by atoms with Gasteiger partial charge in [-0.05, 0) is 47.5 Å². The van der Waals surface area contributed by atoms with E-state index in [2.05, 4.69) is 43.0 Å². The number of pyridine rings is 1. The molecule has 1 saturated carbocycles. The predicted molar refractivity (Wildman–Crippen MR) is 100 cm³/mol. The van der Waals surface area contributed by atoms with Crippen LogP contribution < -0.4 is 10.2 Å². The number of hydrogen-bond donors (Lipinski definition) is 2. The van der Waals surface area contributed by atoms with Gasteiger partial charge in [-0.3, -0.25) is 4.79 Å². The van der Waals surface area contributed by atoms with Gasteiger partial charge in [-0.1, -0.05) is 13.3 Å². The number of fused-ring (bicyclic) bond motifs is 1. The number of carbonyl (C=O) groups excluding carboxylic acids is 1. The van der Waals surface area contributed by atoms with Crippen molar-refractivity contribution in [3.8, 4) is 0 Å². The SMILES string of the molecule is CC[C@@H]1CCCN(c2c(Br)cnc3[nH]cc(NC(=O)C4CC4)c23)C1. The molecule has 0 spiro atoms. The molecule has 0 radical (unpaired) electrons. The van der Waals surface area contributed by atoms with Crippen molar-refractivity contribution < 1.29 is 4.79 Å². The fourth-order valence-electron chi connectivity index (χ4n) is 3.65. The molecule has 5 nitrogen and oxygen atoms in total. The molecule has 0 unspecified atom stereocenters. The molecule has 2 aliphatic rings. The number of H-pyrrole nitrogens is 1. The summed E-state index contributed by atoms with van der Waals surface area (Å²) in [6.07, 6.45) is 9.47. The van der Waals surface area contributed by atoms with E-state index in [1.54, 1.807) is 0 Å². The Bertz CT molecular complexity index is 768. The van der Waals surface area contributed by atoms with Crippen LogP contribution in [-0.2, 0) is 4.79 Å². The summed E-state index contributed by atoms with van der Waals surface area (Å²) < 4.78 is 0.994. The predicted octanol–water partition coefficient (Wildman–Crippen LogP) is 4.30. The number of hydrogen-bond acceptors (Lipinski definition) is 3. The Labute approximate surface area is 150 Å². The Morgan fingerprint density at radius 3 is 3.04 bits per heavy atom. The van der Waals surface area contributed by atoms with Crippen LogP contribution in [0.15, 0.2) is 16.9 Å². The van der Waals surface area contributed by atoms with Crippen molar-refractivity contribution in [3.05, 3.63) is 16.9 Å². The van der Waals surface area contributed by atoms with Crippen molar-refractivity contribution >= 4 is 44.2 Å². The van der Waals surface area contributed by atoms with Gasteiger partial charge in [0.15, 0.2) is 0 Å². The van der Waals surface area contributed by atoms with Crippen LogP contribution in [0, 0.1) is 11.8 Å². The molecule has 2 aromatic rings. The Kier molecular flexibility index (Phi) is 4.24. The topological polar surface area (TPSA) is 61.0 Å². The van der Waals surface area contributed by atoms with Crippen molar-refractivity contribution in [1.82, 2.24) is 9.97 Å². The molecule has 6 heteroatoms. The number of nitrogens with zero attached hydrogens (tertiary/aromatic N) is 2. The second kappa shape index (κ2) is 6.39. The van der Waals surface area contributed by atoms with Gasteiger partial charge in [0, 0.05) is 31.4 Å². The molecule has 1 amide bonds. The third-order valence-corrected chi connectivity index (χ3v) is 5.83. The standard InChI is InChI=1S/C18H23BrN4O/c1-2-11-4-3-7-23(10-11)16-13(19)8-20-17-15(16)14(9-21-17)22-18(24)12-5-6-12/h8-9,11-12H,2-7,10H2,1H3,(H,20,21)(H,22,24)/t11-/m1/s1. The molecule has 24 heavy (non-hydrogen) atoms. The van der Waals surface area contributed by atoms with Gasteiger partial charge in [0.1, 0.15) is 5.65 Å². The molecule has 4 rings (SSSR count). The highest BCUT2D eigenvalue weighted by Crippen LogP contribution is 2.40. The average molecular weight is 391 g/mol. The van der Waals surface area contributed by atoms with Crippen molar-refractivity contribution in [2.45, 2.75) is 39.0 Å². The molecule has 2 aromatic heterocycles. The highest BCUT2D eigenvalue weighted by molar-refractivity contribution is 9.10. The number of halogens is 1. The largest absolute Gasteiger partial charge is 0.370 e. The monoisotopic (exact) mass is 390 g/mol. The van der Waals surface area contributed by atoms with Crippen LogP contribution in [0.2, 0.25) is 0 Å². The van der Waals surface area contributed by atoms with E-state index < -0.39 is 0 Å². The van der Waals surface area contributed by atoms with E-state index in [1.165, 1.54) is 19.3 Å². The molecule has 0 bridgehead atoms. The van der Waals surface area contributed by atoms with Crippen LogP contribution in [0.25, 0.3) is 11.0 Å². The Morgan fingerprint density at radius 1 is 1.46 bits per heavy atom. The number of aromatic amines is 1. The zero-order chi connectivity index (χ0) is 16.7. The maximum atomic E-state index is 12.2. The molecule has 128 valence electrons. The lowest BCUT2D eigenvalue weighted by Crippen LogP contribution is -2.35. The first kappa shape index (κ1) is 15.9. The average Bonchev–Trinajstić information content (AvgIpc) is 3.38. The quantitative estimate of drug-likeness (QED) is 0.817. The first-order valence-corrected chi connectivity index (χ1v) is 9.68. The fraction of sp³-hybridized carbons (Fsp3) is 0.556. The molecule has 1 atom stereocenters. The van der Waals surface area contributed by atoms with Crippen LogP contribution in [0.3, 0.4) is 0 Å². The van der Waals surface area contributed by atoms with E-state index in [1.807, 2.05) is 12.4 Å². The van der Waals surface area contributed by atoms with E-state index in [-0.39, 0.29) is 11.8 Å². The molecule has 1 saturated heterocycles. The number of piperidine rings is 1. The molecule has 3 heterocycles. The van der Waals surface area contributed by atoms with Gasteiger partial charge in [0.25, 0.3) is 0 Å². The fourth-order valence-corrected chi connectivity index (χ4v) is 4.20. The van der Waals surface area contributed by atoms with Crippen molar-refractivity contribution in [2.24, 2.45) is 11.8 Å². The molecule has 1 aliphatic heterocycles. The molecular weight excluding hydrogens is 368 g/mol. The lowest BCUT2D eigenvalue weighted by atomic mass is 9.95. The maximum Gasteiger partial charge on any atom is 0.227 e. The first-order valence-electron chi connectivity index (χ1n) is 8.88. The number of carbonyl (C=O) groups is 1. The van der Waals surface area contributed by atoms with Crippen LogP contribution in [0.4, 0.5) is 11.4 Å². The minimum atomic E-state index is 0.131. The Hall–Kier alpha value is -1.56. The molecule has 2 N–H and O–H groups in total. The zero-order valence-corrected chi connectivity index (χ0v) is 15.5. The summed E-state index contributed by atoms with van der Waals surface area (Å²) in [4.78, 5) is 22.4. The second-order valence-electron chi connectivity index (χ2n) is 7.01. The van der Waals surface area contributed by atoms with Gasteiger partial charge in [-0.2, -0.15) is 0 Å². The number of anilines is 2. The van der Waals surface area contributed by atoms with Crippen LogP contribution >= 0.6 is 15.9 Å². The number of amides is 1. The minimum Gasteiger partial charge on any atom is -0.370 e. The number of rotatable bonds is 4. The first-order chi connectivity index (χ1) is 11.7. The van der Waals surface area contributed by atoms with Crippen molar-refractivity contribution in [1.29, 1.82) is 0 Å². The van der Waals surface area contributed by atoms with E-state index >= 15 is 0 Å². The molecule has 2 fully saturated rings. The van der Waals surface area contributed by atoms with E-state index in [4.69, 9.17) is 0 Å². The van der Waals surface area contributed by atoms with E-state index in [9.17, 15) is 4.79 Å². The summed E-state index contributed by atoms with van der Waals surface area (Å²) in [7, 11) is 0.